The molecule has 0 radical (unpaired) electrons. The maximum atomic E-state index is 5.76. The van der Waals surface area contributed by atoms with Gasteiger partial charge in [-0.2, -0.15) is 0 Å². The van der Waals surface area contributed by atoms with Crippen LogP contribution in [0.2, 0.25) is 0 Å². The van der Waals surface area contributed by atoms with Crippen molar-refractivity contribution >= 4 is 17.3 Å². The predicted molar refractivity (Wildman–Crippen MR) is 97.5 cm³/mol. The Morgan fingerprint density at radius 2 is 2.04 bits per heavy atom. The minimum atomic E-state index is 0.152. The molecule has 1 heterocycles. The fourth-order valence-corrected chi connectivity index (χ4v) is 2.35. The minimum absolute atomic E-state index is 0.152. The molecule has 0 aliphatic heterocycles. The van der Waals surface area contributed by atoms with E-state index in [1.807, 2.05) is 30.5 Å². The molecule has 0 spiro atoms. The Kier molecular flexibility index (Phi) is 6.81. The lowest BCUT2D eigenvalue weighted by Gasteiger charge is -2.17. The summed E-state index contributed by atoms with van der Waals surface area (Å²) in [5.74, 6) is 0.844. The standard InChI is InChI=1S/C18H23N3OS/c1-3-10-20-18(23)21-14(2)16-6-8-17(9-7-16)22-13-15-5-4-11-19-12-15/h4-9,11-12,14H,3,10,13H2,1-2H3,(H2,20,21,23). The van der Waals surface area contributed by atoms with Crippen LogP contribution in [0.1, 0.15) is 37.4 Å². The van der Waals surface area contributed by atoms with Crippen molar-refractivity contribution in [3.8, 4) is 5.75 Å². The molecular formula is C18H23N3OS. The molecule has 0 aliphatic carbocycles. The van der Waals surface area contributed by atoms with Gasteiger partial charge in [0, 0.05) is 24.5 Å². The highest BCUT2D eigenvalue weighted by Crippen LogP contribution is 2.18. The van der Waals surface area contributed by atoms with E-state index in [1.54, 1.807) is 6.20 Å². The molecule has 1 aromatic carbocycles. The molecule has 1 unspecified atom stereocenters. The van der Waals surface area contributed by atoms with Gasteiger partial charge in [0.2, 0.25) is 0 Å². The van der Waals surface area contributed by atoms with Crippen LogP contribution in [0.4, 0.5) is 0 Å². The fraction of sp³-hybridized carbons (Fsp3) is 0.333. The van der Waals surface area contributed by atoms with Gasteiger partial charge < -0.3 is 15.4 Å². The average molecular weight is 329 g/mol. The van der Waals surface area contributed by atoms with Crippen molar-refractivity contribution in [3.63, 3.8) is 0 Å². The van der Waals surface area contributed by atoms with Crippen molar-refractivity contribution in [1.82, 2.24) is 15.6 Å². The Balaban J connectivity index is 1.85. The normalized spacial score (nSPS) is 11.6. The Bertz CT molecular complexity index is 601. The number of thiocarbonyl (C=S) groups is 1. The summed E-state index contributed by atoms with van der Waals surface area (Å²) in [5.41, 5.74) is 2.22. The van der Waals surface area contributed by atoms with Crippen LogP contribution in [0.15, 0.2) is 48.8 Å². The summed E-state index contributed by atoms with van der Waals surface area (Å²) in [4.78, 5) is 4.08. The van der Waals surface area contributed by atoms with Gasteiger partial charge in [-0.15, -0.1) is 0 Å². The monoisotopic (exact) mass is 329 g/mol. The van der Waals surface area contributed by atoms with E-state index in [4.69, 9.17) is 17.0 Å². The molecule has 4 nitrogen and oxygen atoms in total. The molecule has 0 fully saturated rings. The molecule has 0 amide bonds. The number of aromatic nitrogens is 1. The van der Waals surface area contributed by atoms with Crippen LogP contribution < -0.4 is 15.4 Å². The lowest BCUT2D eigenvalue weighted by Crippen LogP contribution is -2.37. The number of rotatable bonds is 7. The molecular weight excluding hydrogens is 306 g/mol. The van der Waals surface area contributed by atoms with Crippen LogP contribution >= 0.6 is 12.2 Å². The Morgan fingerprint density at radius 1 is 1.26 bits per heavy atom. The minimum Gasteiger partial charge on any atom is -0.489 e. The zero-order valence-corrected chi connectivity index (χ0v) is 14.4. The van der Waals surface area contributed by atoms with Gasteiger partial charge in [-0.05, 0) is 49.3 Å². The van der Waals surface area contributed by atoms with E-state index in [0.29, 0.717) is 11.7 Å². The van der Waals surface area contributed by atoms with Crippen molar-refractivity contribution < 1.29 is 4.74 Å². The highest BCUT2D eigenvalue weighted by molar-refractivity contribution is 7.80. The first-order valence-corrected chi connectivity index (χ1v) is 8.26. The van der Waals surface area contributed by atoms with Crippen molar-refractivity contribution in [1.29, 1.82) is 0 Å². The largest absolute Gasteiger partial charge is 0.489 e. The Morgan fingerprint density at radius 3 is 2.70 bits per heavy atom. The molecule has 2 rings (SSSR count). The zero-order chi connectivity index (χ0) is 16.5. The van der Waals surface area contributed by atoms with Crippen LogP contribution in [0.5, 0.6) is 5.75 Å². The first-order valence-electron chi connectivity index (χ1n) is 7.85. The third kappa shape index (κ3) is 5.87. The summed E-state index contributed by atoms with van der Waals surface area (Å²) < 4.78 is 5.76. The molecule has 1 aromatic heterocycles. The van der Waals surface area contributed by atoms with Crippen LogP contribution in [0.25, 0.3) is 0 Å². The molecule has 23 heavy (non-hydrogen) atoms. The molecule has 0 saturated heterocycles. The highest BCUT2D eigenvalue weighted by atomic mass is 32.1. The zero-order valence-electron chi connectivity index (χ0n) is 13.6. The van der Waals surface area contributed by atoms with E-state index >= 15 is 0 Å². The first kappa shape index (κ1) is 17.2. The van der Waals surface area contributed by atoms with Gasteiger partial charge in [0.15, 0.2) is 5.11 Å². The fourth-order valence-electron chi connectivity index (χ4n) is 2.07. The second kappa shape index (κ2) is 9.10. The van der Waals surface area contributed by atoms with E-state index in [-0.39, 0.29) is 6.04 Å². The number of pyridine rings is 1. The second-order valence-corrected chi connectivity index (χ2v) is 5.75. The van der Waals surface area contributed by atoms with E-state index in [9.17, 15) is 0 Å². The van der Waals surface area contributed by atoms with E-state index in [1.165, 1.54) is 5.56 Å². The summed E-state index contributed by atoms with van der Waals surface area (Å²) >= 11 is 5.26. The van der Waals surface area contributed by atoms with Gasteiger partial charge in [0.05, 0.1) is 6.04 Å². The number of hydrogen-bond donors (Lipinski definition) is 2. The van der Waals surface area contributed by atoms with Crippen LogP contribution in [0.3, 0.4) is 0 Å². The van der Waals surface area contributed by atoms with Gasteiger partial charge in [0.1, 0.15) is 12.4 Å². The van der Waals surface area contributed by atoms with Gasteiger partial charge in [0.25, 0.3) is 0 Å². The number of hydrogen-bond acceptors (Lipinski definition) is 3. The van der Waals surface area contributed by atoms with E-state index in [2.05, 4.69) is 41.6 Å². The molecule has 0 aliphatic rings. The van der Waals surface area contributed by atoms with E-state index in [0.717, 1.165) is 24.3 Å². The number of nitrogens with zero attached hydrogens (tertiary/aromatic N) is 1. The molecule has 2 N–H and O–H groups in total. The van der Waals surface area contributed by atoms with Gasteiger partial charge in [-0.3, -0.25) is 4.98 Å². The summed E-state index contributed by atoms with van der Waals surface area (Å²) in [6.45, 7) is 5.61. The van der Waals surface area contributed by atoms with Crippen molar-refractivity contribution in [2.24, 2.45) is 0 Å². The third-order valence-corrected chi connectivity index (χ3v) is 3.65. The maximum Gasteiger partial charge on any atom is 0.166 e. The average Bonchev–Trinajstić information content (AvgIpc) is 2.59. The summed E-state index contributed by atoms with van der Waals surface area (Å²) in [5, 5.41) is 7.14. The van der Waals surface area contributed by atoms with Crippen LogP contribution in [-0.4, -0.2) is 16.6 Å². The molecule has 2 aromatic rings. The third-order valence-electron chi connectivity index (χ3n) is 3.39. The SMILES string of the molecule is CCCNC(=S)NC(C)c1ccc(OCc2cccnc2)cc1. The topological polar surface area (TPSA) is 46.2 Å². The number of ether oxygens (including phenoxy) is 1. The van der Waals surface area contributed by atoms with Gasteiger partial charge >= 0.3 is 0 Å². The highest BCUT2D eigenvalue weighted by Gasteiger charge is 2.07. The predicted octanol–water partition coefficient (Wildman–Crippen LogP) is 3.60. The van der Waals surface area contributed by atoms with Crippen molar-refractivity contribution in [2.45, 2.75) is 32.9 Å². The van der Waals surface area contributed by atoms with Crippen molar-refractivity contribution in [2.75, 3.05) is 6.54 Å². The summed E-state index contributed by atoms with van der Waals surface area (Å²) in [6.07, 6.45) is 4.62. The second-order valence-electron chi connectivity index (χ2n) is 5.34. The lowest BCUT2D eigenvalue weighted by molar-refractivity contribution is 0.305. The summed E-state index contributed by atoms with van der Waals surface area (Å²) in [6, 6.07) is 12.1. The Hall–Kier alpha value is -2.14. The van der Waals surface area contributed by atoms with Crippen LogP contribution in [-0.2, 0) is 6.61 Å². The van der Waals surface area contributed by atoms with Crippen LogP contribution in [0, 0.1) is 0 Å². The number of benzene rings is 1. The van der Waals surface area contributed by atoms with Crippen molar-refractivity contribution in [3.05, 3.63) is 59.9 Å². The number of nitrogens with one attached hydrogen (secondary N) is 2. The Labute approximate surface area is 143 Å². The van der Waals surface area contributed by atoms with Gasteiger partial charge in [-0.1, -0.05) is 25.1 Å². The molecule has 0 saturated carbocycles. The summed E-state index contributed by atoms with van der Waals surface area (Å²) in [7, 11) is 0. The van der Waals surface area contributed by atoms with E-state index < -0.39 is 0 Å². The quantitative estimate of drug-likeness (QED) is 0.760. The molecule has 122 valence electrons. The molecule has 5 heteroatoms. The smallest absolute Gasteiger partial charge is 0.166 e. The maximum absolute atomic E-state index is 5.76. The first-order chi connectivity index (χ1) is 11.2. The molecule has 0 bridgehead atoms. The van der Waals surface area contributed by atoms with Gasteiger partial charge in [-0.25, -0.2) is 0 Å². The lowest BCUT2D eigenvalue weighted by atomic mass is 10.1. The molecule has 1 atom stereocenters.